The van der Waals surface area contributed by atoms with Crippen LogP contribution in [0.25, 0.3) is 0 Å². The highest BCUT2D eigenvalue weighted by atomic mass is 35.5. The van der Waals surface area contributed by atoms with Crippen LogP contribution in [0.5, 0.6) is 0 Å². The number of benzene rings is 2. The Morgan fingerprint density at radius 1 is 1.17 bits per heavy atom. The molecule has 1 saturated heterocycles. The number of rotatable bonds is 4. The van der Waals surface area contributed by atoms with Gasteiger partial charge in [0.1, 0.15) is 12.6 Å². The minimum atomic E-state index is -0.692. The van der Waals surface area contributed by atoms with Gasteiger partial charge in [-0.3, -0.25) is 9.59 Å². The summed E-state index contributed by atoms with van der Waals surface area (Å²) in [5.41, 5.74) is 1.48. The molecule has 0 bridgehead atoms. The predicted molar refractivity (Wildman–Crippen MR) is 91.7 cm³/mol. The maximum Gasteiger partial charge on any atom is 0.249 e. The highest BCUT2D eigenvalue weighted by Crippen LogP contribution is 2.22. The molecule has 2 aromatic carbocycles. The second-order valence-corrected chi connectivity index (χ2v) is 5.91. The summed E-state index contributed by atoms with van der Waals surface area (Å²) in [6.45, 7) is 0.515. The van der Waals surface area contributed by atoms with Gasteiger partial charge in [0.05, 0.1) is 17.3 Å². The van der Waals surface area contributed by atoms with Crippen LogP contribution < -0.4 is 5.32 Å². The van der Waals surface area contributed by atoms with Gasteiger partial charge in [-0.15, -0.1) is 0 Å². The molecule has 0 aliphatic carbocycles. The quantitative estimate of drug-likeness (QED) is 0.927. The van der Waals surface area contributed by atoms with Crippen LogP contribution in [0.4, 0.5) is 5.69 Å². The molecule has 1 atom stereocenters. The summed E-state index contributed by atoms with van der Waals surface area (Å²) in [7, 11) is 0. The molecule has 1 aliphatic rings. The van der Waals surface area contributed by atoms with Crippen LogP contribution in [0.1, 0.15) is 5.56 Å². The van der Waals surface area contributed by atoms with Gasteiger partial charge < -0.3 is 15.0 Å². The Morgan fingerprint density at radius 2 is 1.88 bits per heavy atom. The van der Waals surface area contributed by atoms with Crippen molar-refractivity contribution in [1.82, 2.24) is 4.90 Å². The fraction of sp³-hybridized carbons (Fsp3) is 0.222. The van der Waals surface area contributed by atoms with Gasteiger partial charge >= 0.3 is 0 Å². The third kappa shape index (κ3) is 3.75. The Labute approximate surface area is 145 Å². The van der Waals surface area contributed by atoms with Crippen molar-refractivity contribution in [2.45, 2.75) is 12.6 Å². The van der Waals surface area contributed by atoms with Crippen LogP contribution in [0.2, 0.25) is 5.02 Å². The van der Waals surface area contributed by atoms with Gasteiger partial charge in [-0.05, 0) is 17.7 Å². The van der Waals surface area contributed by atoms with Gasteiger partial charge in [0, 0.05) is 6.54 Å². The van der Waals surface area contributed by atoms with Crippen molar-refractivity contribution < 1.29 is 14.3 Å². The van der Waals surface area contributed by atoms with Crippen molar-refractivity contribution in [3.8, 4) is 0 Å². The van der Waals surface area contributed by atoms with Crippen molar-refractivity contribution in [1.29, 1.82) is 0 Å². The minimum absolute atomic E-state index is 0.0112. The second kappa shape index (κ2) is 7.47. The maximum absolute atomic E-state index is 12.6. The first-order valence-electron chi connectivity index (χ1n) is 7.61. The number of carbonyl (C=O) groups excluding carboxylic acids is 2. The van der Waals surface area contributed by atoms with E-state index in [1.807, 2.05) is 30.3 Å². The van der Waals surface area contributed by atoms with E-state index in [-0.39, 0.29) is 25.0 Å². The zero-order chi connectivity index (χ0) is 16.9. The summed E-state index contributed by atoms with van der Waals surface area (Å²) in [6, 6.07) is 15.8. The Balaban J connectivity index is 1.77. The number of amides is 2. The van der Waals surface area contributed by atoms with Crippen molar-refractivity contribution in [3.63, 3.8) is 0 Å². The monoisotopic (exact) mass is 344 g/mol. The summed E-state index contributed by atoms with van der Waals surface area (Å²) in [5.74, 6) is -0.517. The van der Waals surface area contributed by atoms with E-state index in [2.05, 4.69) is 5.32 Å². The van der Waals surface area contributed by atoms with Gasteiger partial charge in [-0.25, -0.2) is 0 Å². The largest absolute Gasteiger partial charge is 0.369 e. The average molecular weight is 345 g/mol. The van der Waals surface area contributed by atoms with E-state index in [9.17, 15) is 9.59 Å². The second-order valence-electron chi connectivity index (χ2n) is 5.51. The lowest BCUT2D eigenvalue weighted by Crippen LogP contribution is -2.54. The van der Waals surface area contributed by atoms with Crippen molar-refractivity contribution in [2.24, 2.45) is 0 Å². The van der Waals surface area contributed by atoms with Crippen LogP contribution in [0.3, 0.4) is 0 Å². The van der Waals surface area contributed by atoms with E-state index in [1.165, 1.54) is 0 Å². The lowest BCUT2D eigenvalue weighted by atomic mass is 10.1. The van der Waals surface area contributed by atoms with E-state index in [1.54, 1.807) is 29.2 Å². The molecule has 1 fully saturated rings. The van der Waals surface area contributed by atoms with Crippen LogP contribution >= 0.6 is 11.6 Å². The van der Waals surface area contributed by atoms with E-state index in [4.69, 9.17) is 16.3 Å². The molecule has 1 heterocycles. The molecule has 0 aromatic heterocycles. The number of hydrogen-bond acceptors (Lipinski definition) is 3. The number of hydrogen-bond donors (Lipinski definition) is 1. The number of ether oxygens (including phenoxy) is 1. The third-order valence-corrected chi connectivity index (χ3v) is 4.16. The van der Waals surface area contributed by atoms with Crippen molar-refractivity contribution in [3.05, 3.63) is 65.2 Å². The van der Waals surface area contributed by atoms with Crippen LogP contribution in [0.15, 0.2) is 54.6 Å². The molecule has 0 spiro atoms. The molecule has 0 saturated carbocycles. The van der Waals surface area contributed by atoms with Crippen molar-refractivity contribution >= 4 is 29.1 Å². The number of anilines is 1. The van der Waals surface area contributed by atoms with Gasteiger partial charge in [0.25, 0.3) is 0 Å². The first kappa shape index (κ1) is 16.5. The molecule has 0 radical (unpaired) electrons. The van der Waals surface area contributed by atoms with Crippen molar-refractivity contribution in [2.75, 3.05) is 18.5 Å². The standard InChI is InChI=1S/C18H17ClN2O3/c19-14-8-4-5-9-15(14)20-18(23)16-11-24-12-17(22)21(16)10-13-6-2-1-3-7-13/h1-9,16H,10-12H2,(H,20,23). The molecule has 124 valence electrons. The number of nitrogens with zero attached hydrogens (tertiary/aromatic N) is 1. The summed E-state index contributed by atoms with van der Waals surface area (Å²) >= 11 is 6.08. The van der Waals surface area contributed by atoms with Gasteiger partial charge in [0.2, 0.25) is 11.8 Å². The van der Waals surface area contributed by atoms with E-state index in [0.29, 0.717) is 17.3 Å². The van der Waals surface area contributed by atoms with Gasteiger partial charge in [-0.1, -0.05) is 54.1 Å². The van der Waals surface area contributed by atoms with E-state index in [0.717, 1.165) is 5.56 Å². The molecule has 6 heteroatoms. The van der Waals surface area contributed by atoms with Gasteiger partial charge in [-0.2, -0.15) is 0 Å². The third-order valence-electron chi connectivity index (χ3n) is 3.83. The Hall–Kier alpha value is -2.37. The predicted octanol–water partition coefficient (Wildman–Crippen LogP) is 2.71. The van der Waals surface area contributed by atoms with Crippen LogP contribution in [-0.2, 0) is 20.9 Å². The fourth-order valence-corrected chi connectivity index (χ4v) is 2.76. The smallest absolute Gasteiger partial charge is 0.249 e. The molecule has 2 amide bonds. The lowest BCUT2D eigenvalue weighted by molar-refractivity contribution is -0.154. The highest BCUT2D eigenvalue weighted by molar-refractivity contribution is 6.33. The number of nitrogens with one attached hydrogen (secondary N) is 1. The molecule has 1 N–H and O–H groups in total. The summed E-state index contributed by atoms with van der Waals surface area (Å²) in [4.78, 5) is 26.4. The Bertz CT molecular complexity index is 736. The molecule has 5 nitrogen and oxygen atoms in total. The first-order valence-corrected chi connectivity index (χ1v) is 7.99. The normalized spacial score (nSPS) is 17.6. The number of halogens is 1. The van der Waals surface area contributed by atoms with E-state index >= 15 is 0 Å². The number of morpholine rings is 1. The van der Waals surface area contributed by atoms with Crippen LogP contribution in [-0.4, -0.2) is 36.0 Å². The zero-order valence-electron chi connectivity index (χ0n) is 12.9. The lowest BCUT2D eigenvalue weighted by Gasteiger charge is -2.34. The molecule has 1 aliphatic heterocycles. The SMILES string of the molecule is O=C(Nc1ccccc1Cl)C1COCC(=O)N1Cc1ccccc1. The van der Waals surface area contributed by atoms with E-state index < -0.39 is 6.04 Å². The van der Waals surface area contributed by atoms with Gasteiger partial charge in [0.15, 0.2) is 0 Å². The highest BCUT2D eigenvalue weighted by Gasteiger charge is 2.34. The topological polar surface area (TPSA) is 58.6 Å². The number of para-hydroxylation sites is 1. The van der Waals surface area contributed by atoms with Crippen LogP contribution in [0, 0.1) is 0 Å². The molecular formula is C18H17ClN2O3. The molecular weight excluding hydrogens is 328 g/mol. The zero-order valence-corrected chi connectivity index (χ0v) is 13.7. The summed E-state index contributed by atoms with van der Waals surface area (Å²) in [5, 5.41) is 3.22. The number of carbonyl (C=O) groups is 2. The Kier molecular flexibility index (Phi) is 5.13. The minimum Gasteiger partial charge on any atom is -0.369 e. The average Bonchev–Trinajstić information content (AvgIpc) is 2.59. The fourth-order valence-electron chi connectivity index (χ4n) is 2.58. The summed E-state index contributed by atoms with van der Waals surface area (Å²) < 4.78 is 5.27. The Morgan fingerprint density at radius 3 is 2.62 bits per heavy atom. The molecule has 2 aromatic rings. The first-order chi connectivity index (χ1) is 11.6. The maximum atomic E-state index is 12.6. The summed E-state index contributed by atoms with van der Waals surface area (Å²) in [6.07, 6.45) is 0. The molecule has 3 rings (SSSR count). The molecule has 1 unspecified atom stereocenters. The molecule has 24 heavy (non-hydrogen) atoms.